The second kappa shape index (κ2) is 6.37. The van der Waals surface area contributed by atoms with Gasteiger partial charge in [-0.2, -0.15) is 5.26 Å². The fourth-order valence-corrected chi connectivity index (χ4v) is 2.40. The molecule has 0 radical (unpaired) electrons. The Kier molecular flexibility index (Phi) is 4.55. The molecule has 1 aromatic rings. The standard InChI is InChI=1S/C16H19NO/c17-11-10-16(18)12-13-6-8-15(9-7-13)14-4-2-1-3-5-14/h4,6-9,16,18H,1-3,5,10,12H2/t16-/m1/s1. The summed E-state index contributed by atoms with van der Waals surface area (Å²) in [6.07, 6.45) is 7.52. The molecule has 94 valence electrons. The lowest BCUT2D eigenvalue weighted by Gasteiger charge is -2.13. The highest BCUT2D eigenvalue weighted by Gasteiger charge is 2.08. The minimum absolute atomic E-state index is 0.201. The van der Waals surface area contributed by atoms with Crippen LogP contribution in [0.15, 0.2) is 30.3 Å². The third-order valence-electron chi connectivity index (χ3n) is 3.41. The van der Waals surface area contributed by atoms with Crippen LogP contribution in [0.5, 0.6) is 0 Å². The molecule has 0 spiro atoms. The van der Waals surface area contributed by atoms with Crippen molar-refractivity contribution >= 4 is 5.57 Å². The Morgan fingerprint density at radius 1 is 1.22 bits per heavy atom. The summed E-state index contributed by atoms with van der Waals surface area (Å²) in [5, 5.41) is 18.1. The Morgan fingerprint density at radius 2 is 2.00 bits per heavy atom. The van der Waals surface area contributed by atoms with Crippen LogP contribution in [-0.2, 0) is 6.42 Å². The molecule has 0 heterocycles. The monoisotopic (exact) mass is 241 g/mol. The van der Waals surface area contributed by atoms with E-state index in [-0.39, 0.29) is 6.42 Å². The number of nitrogens with zero attached hydrogens (tertiary/aromatic N) is 1. The van der Waals surface area contributed by atoms with Gasteiger partial charge in [0, 0.05) is 0 Å². The lowest BCUT2D eigenvalue weighted by atomic mass is 9.93. The minimum atomic E-state index is -0.547. The second-order valence-corrected chi connectivity index (χ2v) is 4.89. The van der Waals surface area contributed by atoms with Gasteiger partial charge in [0.25, 0.3) is 0 Å². The van der Waals surface area contributed by atoms with Gasteiger partial charge in [-0.05, 0) is 48.8 Å². The first kappa shape index (κ1) is 12.9. The van der Waals surface area contributed by atoms with Crippen molar-refractivity contribution in [3.8, 4) is 6.07 Å². The van der Waals surface area contributed by atoms with Crippen LogP contribution in [0.4, 0.5) is 0 Å². The first-order chi connectivity index (χ1) is 8.79. The third kappa shape index (κ3) is 3.45. The number of rotatable bonds is 4. The van der Waals surface area contributed by atoms with Crippen LogP contribution >= 0.6 is 0 Å². The van der Waals surface area contributed by atoms with Gasteiger partial charge in [0.05, 0.1) is 18.6 Å². The molecule has 1 N–H and O–H groups in total. The number of hydrogen-bond acceptors (Lipinski definition) is 2. The number of allylic oxidation sites excluding steroid dienone is 2. The summed E-state index contributed by atoms with van der Waals surface area (Å²) in [7, 11) is 0. The summed E-state index contributed by atoms with van der Waals surface area (Å²) in [5.74, 6) is 0. The summed E-state index contributed by atoms with van der Waals surface area (Å²) in [6.45, 7) is 0. The molecule has 18 heavy (non-hydrogen) atoms. The summed E-state index contributed by atoms with van der Waals surface area (Å²) < 4.78 is 0. The van der Waals surface area contributed by atoms with Gasteiger partial charge < -0.3 is 5.11 Å². The first-order valence-electron chi connectivity index (χ1n) is 6.63. The van der Waals surface area contributed by atoms with E-state index in [0.717, 1.165) is 5.56 Å². The van der Waals surface area contributed by atoms with Crippen LogP contribution in [-0.4, -0.2) is 11.2 Å². The van der Waals surface area contributed by atoms with Gasteiger partial charge in [-0.25, -0.2) is 0 Å². The zero-order chi connectivity index (χ0) is 12.8. The number of aliphatic hydroxyl groups is 1. The zero-order valence-corrected chi connectivity index (χ0v) is 10.6. The Balaban J connectivity index is 2.01. The minimum Gasteiger partial charge on any atom is -0.392 e. The van der Waals surface area contributed by atoms with E-state index in [2.05, 4.69) is 30.3 Å². The smallest absolute Gasteiger partial charge is 0.0710 e. The normalized spacial score (nSPS) is 16.8. The van der Waals surface area contributed by atoms with E-state index in [4.69, 9.17) is 5.26 Å². The van der Waals surface area contributed by atoms with Crippen molar-refractivity contribution in [1.29, 1.82) is 5.26 Å². The third-order valence-corrected chi connectivity index (χ3v) is 3.41. The molecule has 0 fully saturated rings. The molecule has 1 aromatic carbocycles. The van der Waals surface area contributed by atoms with Crippen LogP contribution in [0.25, 0.3) is 5.57 Å². The van der Waals surface area contributed by atoms with Crippen molar-refractivity contribution in [2.75, 3.05) is 0 Å². The van der Waals surface area contributed by atoms with Gasteiger partial charge in [0.2, 0.25) is 0 Å². The first-order valence-corrected chi connectivity index (χ1v) is 6.63. The van der Waals surface area contributed by atoms with E-state index < -0.39 is 6.10 Å². The molecule has 1 atom stereocenters. The van der Waals surface area contributed by atoms with Crippen LogP contribution in [0.1, 0.15) is 43.2 Å². The maximum Gasteiger partial charge on any atom is 0.0710 e. The average molecular weight is 241 g/mol. The Labute approximate surface area is 109 Å². The van der Waals surface area contributed by atoms with E-state index in [1.165, 1.54) is 36.8 Å². The van der Waals surface area contributed by atoms with Crippen molar-refractivity contribution in [2.45, 2.75) is 44.6 Å². The maximum absolute atomic E-state index is 9.59. The molecule has 0 saturated heterocycles. The molecule has 0 aromatic heterocycles. The van der Waals surface area contributed by atoms with Gasteiger partial charge in [-0.3, -0.25) is 0 Å². The highest BCUT2D eigenvalue weighted by Crippen LogP contribution is 2.26. The van der Waals surface area contributed by atoms with Crippen molar-refractivity contribution < 1.29 is 5.11 Å². The van der Waals surface area contributed by atoms with E-state index in [1.807, 2.05) is 6.07 Å². The van der Waals surface area contributed by atoms with Crippen LogP contribution in [0.3, 0.4) is 0 Å². The number of nitriles is 1. The van der Waals surface area contributed by atoms with Crippen LogP contribution < -0.4 is 0 Å². The molecule has 0 unspecified atom stereocenters. The summed E-state index contributed by atoms with van der Waals surface area (Å²) >= 11 is 0. The predicted octanol–water partition coefficient (Wildman–Crippen LogP) is 3.46. The molecule has 0 aliphatic heterocycles. The number of benzene rings is 1. The highest BCUT2D eigenvalue weighted by atomic mass is 16.3. The Morgan fingerprint density at radius 3 is 2.61 bits per heavy atom. The van der Waals surface area contributed by atoms with Gasteiger partial charge in [-0.1, -0.05) is 30.3 Å². The largest absolute Gasteiger partial charge is 0.392 e. The molecule has 0 amide bonds. The summed E-state index contributed by atoms with van der Waals surface area (Å²) in [5.41, 5.74) is 3.84. The van der Waals surface area contributed by atoms with Crippen molar-refractivity contribution in [3.63, 3.8) is 0 Å². The topological polar surface area (TPSA) is 44.0 Å². The van der Waals surface area contributed by atoms with Gasteiger partial charge in [0.15, 0.2) is 0 Å². The maximum atomic E-state index is 9.59. The summed E-state index contributed by atoms with van der Waals surface area (Å²) in [6, 6.07) is 10.4. The molecule has 1 aliphatic rings. The van der Waals surface area contributed by atoms with Gasteiger partial charge >= 0.3 is 0 Å². The quantitative estimate of drug-likeness (QED) is 0.877. The van der Waals surface area contributed by atoms with Gasteiger partial charge in [-0.15, -0.1) is 0 Å². The fraction of sp³-hybridized carbons (Fsp3) is 0.438. The lowest BCUT2D eigenvalue weighted by Crippen LogP contribution is -2.09. The number of hydrogen-bond donors (Lipinski definition) is 1. The fourth-order valence-electron chi connectivity index (χ4n) is 2.40. The molecule has 2 nitrogen and oxygen atoms in total. The average Bonchev–Trinajstić information content (AvgIpc) is 2.41. The van der Waals surface area contributed by atoms with E-state index in [1.54, 1.807) is 0 Å². The zero-order valence-electron chi connectivity index (χ0n) is 10.6. The Hall–Kier alpha value is -1.59. The second-order valence-electron chi connectivity index (χ2n) is 4.89. The van der Waals surface area contributed by atoms with Crippen LogP contribution in [0.2, 0.25) is 0 Å². The van der Waals surface area contributed by atoms with Crippen molar-refractivity contribution in [1.82, 2.24) is 0 Å². The Bertz CT molecular complexity index is 453. The highest BCUT2D eigenvalue weighted by molar-refractivity contribution is 5.66. The SMILES string of the molecule is N#CC[C@@H](O)Cc1ccc(C2=CCCCC2)cc1. The molecule has 1 aliphatic carbocycles. The molecular formula is C16H19NO. The molecular weight excluding hydrogens is 222 g/mol. The predicted molar refractivity (Wildman–Crippen MR) is 72.8 cm³/mol. The van der Waals surface area contributed by atoms with E-state index in [0.29, 0.717) is 6.42 Å². The molecule has 2 heteroatoms. The number of aliphatic hydroxyl groups excluding tert-OH is 1. The summed E-state index contributed by atoms with van der Waals surface area (Å²) in [4.78, 5) is 0. The molecule has 0 bridgehead atoms. The molecule has 0 saturated carbocycles. The van der Waals surface area contributed by atoms with Crippen LogP contribution in [0, 0.1) is 11.3 Å². The van der Waals surface area contributed by atoms with Crippen molar-refractivity contribution in [3.05, 3.63) is 41.5 Å². The van der Waals surface area contributed by atoms with E-state index >= 15 is 0 Å². The lowest BCUT2D eigenvalue weighted by molar-refractivity contribution is 0.180. The van der Waals surface area contributed by atoms with Crippen molar-refractivity contribution in [2.24, 2.45) is 0 Å². The molecule has 2 rings (SSSR count). The van der Waals surface area contributed by atoms with Gasteiger partial charge in [0.1, 0.15) is 0 Å². The van der Waals surface area contributed by atoms with E-state index in [9.17, 15) is 5.11 Å².